The molecule has 1 aromatic heterocycles. The SMILES string of the molecule is N#CCNC(=O)c1ccc(-c2ccnc(Cc3ccc(N4CCC[C@]5(CCO5)C4)cc3)n2)cc1. The first-order valence-electron chi connectivity index (χ1n) is 11.7. The predicted octanol–water partition coefficient (Wildman–Crippen LogP) is 3.75. The fourth-order valence-corrected chi connectivity index (χ4v) is 4.70. The van der Waals surface area contributed by atoms with Crippen LogP contribution in [0.5, 0.6) is 0 Å². The van der Waals surface area contributed by atoms with Crippen molar-refractivity contribution in [2.24, 2.45) is 0 Å². The monoisotopic (exact) mass is 453 g/mol. The van der Waals surface area contributed by atoms with E-state index in [1.54, 1.807) is 18.3 Å². The first-order chi connectivity index (χ1) is 16.6. The van der Waals surface area contributed by atoms with Crippen LogP contribution in [0.1, 0.15) is 41.0 Å². The predicted molar refractivity (Wildman–Crippen MR) is 129 cm³/mol. The molecule has 7 heteroatoms. The van der Waals surface area contributed by atoms with Gasteiger partial charge in [0.2, 0.25) is 0 Å². The van der Waals surface area contributed by atoms with Crippen LogP contribution in [0.15, 0.2) is 60.8 Å². The number of benzene rings is 2. The van der Waals surface area contributed by atoms with E-state index in [4.69, 9.17) is 15.0 Å². The highest BCUT2D eigenvalue weighted by atomic mass is 16.5. The van der Waals surface area contributed by atoms with E-state index in [-0.39, 0.29) is 18.1 Å². The smallest absolute Gasteiger partial charge is 0.252 e. The van der Waals surface area contributed by atoms with Gasteiger partial charge in [0, 0.05) is 48.9 Å². The van der Waals surface area contributed by atoms with E-state index in [1.165, 1.54) is 24.9 Å². The van der Waals surface area contributed by atoms with Crippen LogP contribution in [0.2, 0.25) is 0 Å². The Labute approximate surface area is 199 Å². The van der Waals surface area contributed by atoms with E-state index >= 15 is 0 Å². The van der Waals surface area contributed by atoms with Crippen LogP contribution in [0, 0.1) is 11.3 Å². The van der Waals surface area contributed by atoms with Gasteiger partial charge in [-0.15, -0.1) is 0 Å². The highest BCUT2D eigenvalue weighted by molar-refractivity contribution is 5.94. The zero-order chi connectivity index (χ0) is 23.4. The van der Waals surface area contributed by atoms with Crippen molar-refractivity contribution in [1.82, 2.24) is 15.3 Å². The Morgan fingerprint density at radius 2 is 1.91 bits per heavy atom. The second-order valence-corrected chi connectivity index (χ2v) is 8.93. The van der Waals surface area contributed by atoms with Crippen molar-refractivity contribution in [1.29, 1.82) is 5.26 Å². The number of ether oxygens (including phenoxy) is 1. The zero-order valence-electron chi connectivity index (χ0n) is 19.0. The van der Waals surface area contributed by atoms with Crippen LogP contribution >= 0.6 is 0 Å². The number of hydrogen-bond acceptors (Lipinski definition) is 6. The van der Waals surface area contributed by atoms with E-state index in [0.29, 0.717) is 12.0 Å². The number of nitrogens with zero attached hydrogens (tertiary/aromatic N) is 4. The molecule has 0 saturated carbocycles. The zero-order valence-corrected chi connectivity index (χ0v) is 19.0. The molecule has 2 saturated heterocycles. The van der Waals surface area contributed by atoms with E-state index in [1.807, 2.05) is 24.3 Å². The lowest BCUT2D eigenvalue weighted by Gasteiger charge is -2.49. The Bertz CT molecular complexity index is 1200. The fourth-order valence-electron chi connectivity index (χ4n) is 4.70. The van der Waals surface area contributed by atoms with Crippen molar-refractivity contribution in [3.63, 3.8) is 0 Å². The van der Waals surface area contributed by atoms with E-state index in [0.717, 1.165) is 42.3 Å². The highest BCUT2D eigenvalue weighted by Gasteiger charge is 2.42. The summed E-state index contributed by atoms with van der Waals surface area (Å²) < 4.78 is 5.91. The van der Waals surface area contributed by atoms with Crippen LogP contribution in [0.3, 0.4) is 0 Å². The molecule has 2 fully saturated rings. The first-order valence-corrected chi connectivity index (χ1v) is 11.7. The summed E-state index contributed by atoms with van der Waals surface area (Å²) in [7, 11) is 0. The van der Waals surface area contributed by atoms with Crippen molar-refractivity contribution in [3.05, 3.63) is 77.7 Å². The molecule has 0 aliphatic carbocycles. The molecular formula is C27H27N5O2. The lowest BCUT2D eigenvalue weighted by molar-refractivity contribution is -0.150. The lowest BCUT2D eigenvalue weighted by atomic mass is 9.85. The maximum atomic E-state index is 12.0. The van der Waals surface area contributed by atoms with Crippen LogP contribution in [0.4, 0.5) is 5.69 Å². The van der Waals surface area contributed by atoms with Gasteiger partial charge < -0.3 is 15.0 Å². The summed E-state index contributed by atoms with van der Waals surface area (Å²) in [5.41, 5.74) is 4.72. The third-order valence-electron chi connectivity index (χ3n) is 6.65. The molecule has 1 N–H and O–H groups in total. The molecule has 1 spiro atoms. The topological polar surface area (TPSA) is 91.1 Å². The van der Waals surface area contributed by atoms with Crippen molar-refractivity contribution >= 4 is 11.6 Å². The van der Waals surface area contributed by atoms with Crippen LogP contribution < -0.4 is 10.2 Å². The summed E-state index contributed by atoms with van der Waals surface area (Å²) in [4.78, 5) is 23.6. The van der Waals surface area contributed by atoms with Gasteiger partial charge in [0.15, 0.2) is 0 Å². The molecule has 2 aliphatic heterocycles. The largest absolute Gasteiger partial charge is 0.373 e. The number of nitrogens with one attached hydrogen (secondary N) is 1. The number of piperidine rings is 1. The molecule has 0 radical (unpaired) electrons. The molecule has 7 nitrogen and oxygen atoms in total. The van der Waals surface area contributed by atoms with Crippen molar-refractivity contribution < 1.29 is 9.53 Å². The minimum absolute atomic E-state index is 0.00986. The number of amides is 1. The van der Waals surface area contributed by atoms with Gasteiger partial charge in [-0.05, 0) is 48.7 Å². The molecule has 5 rings (SSSR count). The van der Waals surface area contributed by atoms with E-state index in [9.17, 15) is 4.79 Å². The number of carbonyl (C=O) groups excluding carboxylic acids is 1. The van der Waals surface area contributed by atoms with Gasteiger partial charge in [0.05, 0.1) is 24.0 Å². The molecule has 2 aromatic carbocycles. The second kappa shape index (κ2) is 9.62. The molecule has 3 aromatic rings. The van der Waals surface area contributed by atoms with Crippen molar-refractivity contribution in [3.8, 4) is 17.3 Å². The third-order valence-corrected chi connectivity index (χ3v) is 6.65. The summed E-state index contributed by atoms with van der Waals surface area (Å²) in [5.74, 6) is 0.487. The number of anilines is 1. The summed E-state index contributed by atoms with van der Waals surface area (Å²) in [6.07, 6.45) is 5.94. The first kappa shape index (κ1) is 22.1. The number of rotatable bonds is 6. The van der Waals surface area contributed by atoms with Crippen LogP contribution in [0.25, 0.3) is 11.3 Å². The van der Waals surface area contributed by atoms with Gasteiger partial charge in [-0.25, -0.2) is 9.97 Å². The summed E-state index contributed by atoms with van der Waals surface area (Å²) in [6.45, 7) is 2.95. The van der Waals surface area contributed by atoms with Crippen molar-refractivity contribution in [2.75, 3.05) is 31.1 Å². The number of hydrogen-bond donors (Lipinski definition) is 1. The number of aromatic nitrogens is 2. The molecule has 34 heavy (non-hydrogen) atoms. The summed E-state index contributed by atoms with van der Waals surface area (Å²) in [6, 6.07) is 19.7. The standard InChI is InChI=1S/C27H27N5O2/c28-13-15-30-26(33)22-6-4-21(5-7-22)24-10-14-29-25(31-24)18-20-2-8-23(9-3-20)32-16-1-11-27(19-32)12-17-34-27/h2-10,14H,1,11-12,15-19H2,(H,30,33)/t27-/m0/s1. The highest BCUT2D eigenvalue weighted by Crippen LogP contribution is 2.37. The number of nitriles is 1. The van der Waals surface area contributed by atoms with Gasteiger partial charge in [0.1, 0.15) is 12.4 Å². The quantitative estimate of drug-likeness (QED) is 0.572. The van der Waals surface area contributed by atoms with Gasteiger partial charge in [0.25, 0.3) is 5.91 Å². The molecule has 2 aliphatic rings. The Morgan fingerprint density at radius 1 is 1.12 bits per heavy atom. The average molecular weight is 454 g/mol. The third kappa shape index (κ3) is 4.78. The molecular weight excluding hydrogens is 426 g/mol. The van der Waals surface area contributed by atoms with Gasteiger partial charge in [-0.2, -0.15) is 5.26 Å². The Morgan fingerprint density at radius 3 is 2.62 bits per heavy atom. The minimum Gasteiger partial charge on any atom is -0.373 e. The molecule has 0 bridgehead atoms. The average Bonchev–Trinajstić information content (AvgIpc) is 2.87. The van der Waals surface area contributed by atoms with Crippen LogP contribution in [-0.2, 0) is 11.2 Å². The minimum atomic E-state index is -0.264. The molecule has 3 heterocycles. The van der Waals surface area contributed by atoms with E-state index in [2.05, 4.69) is 39.5 Å². The summed E-state index contributed by atoms with van der Waals surface area (Å²) >= 11 is 0. The molecule has 0 unspecified atom stereocenters. The molecule has 1 atom stereocenters. The summed E-state index contributed by atoms with van der Waals surface area (Å²) in [5, 5.41) is 11.1. The van der Waals surface area contributed by atoms with Crippen LogP contribution in [-0.4, -0.2) is 47.7 Å². The van der Waals surface area contributed by atoms with Crippen molar-refractivity contribution in [2.45, 2.75) is 31.3 Å². The van der Waals surface area contributed by atoms with E-state index < -0.39 is 0 Å². The van der Waals surface area contributed by atoms with Gasteiger partial charge in [-0.3, -0.25) is 4.79 Å². The molecule has 172 valence electrons. The second-order valence-electron chi connectivity index (χ2n) is 8.93. The normalized spacial score (nSPS) is 19.3. The van der Waals surface area contributed by atoms with Gasteiger partial charge in [-0.1, -0.05) is 24.3 Å². The molecule has 1 amide bonds. The fraction of sp³-hybridized carbons (Fsp3) is 0.333. The Balaban J connectivity index is 1.24. The van der Waals surface area contributed by atoms with Gasteiger partial charge >= 0.3 is 0 Å². The Hall–Kier alpha value is -3.76. The Kier molecular flexibility index (Phi) is 6.24. The maximum Gasteiger partial charge on any atom is 0.252 e. The lowest BCUT2D eigenvalue weighted by Crippen LogP contribution is -2.56. The number of carbonyl (C=O) groups is 1. The maximum absolute atomic E-state index is 12.0.